The molecule has 0 aliphatic heterocycles. The van der Waals surface area contributed by atoms with Gasteiger partial charge in [-0.1, -0.05) is 42.1 Å². The van der Waals surface area contributed by atoms with Crippen LogP contribution in [0.4, 0.5) is 0 Å². The molecule has 7 nitrogen and oxygen atoms in total. The largest absolute Gasteiger partial charge is 0.383 e. The first kappa shape index (κ1) is 19.6. The Morgan fingerprint density at radius 1 is 1.21 bits per heavy atom. The van der Waals surface area contributed by atoms with Gasteiger partial charge in [0.25, 0.3) is 0 Å². The standard InChI is InChI=1S/C21H23N5O2S/c1-28-14-13-26-19(16-9-11-22-12-10-16)24-25-21(26)29-18(15-5-3-2-4-6-15)20(27)23-17-7-8-17/h2-6,9-12,17-18H,7-8,13-14H2,1H3,(H,23,27)/t18-/m0/s1. The number of methoxy groups -OCH3 is 1. The van der Waals surface area contributed by atoms with E-state index < -0.39 is 5.25 Å². The van der Waals surface area contributed by atoms with Crippen molar-refractivity contribution < 1.29 is 9.53 Å². The number of thioether (sulfide) groups is 1. The molecule has 1 amide bonds. The first-order valence-electron chi connectivity index (χ1n) is 9.61. The second-order valence-electron chi connectivity index (χ2n) is 6.88. The van der Waals surface area contributed by atoms with Gasteiger partial charge >= 0.3 is 0 Å². The molecule has 8 heteroatoms. The third-order valence-corrected chi connectivity index (χ3v) is 5.90. The summed E-state index contributed by atoms with van der Waals surface area (Å²) in [5.41, 5.74) is 1.87. The van der Waals surface area contributed by atoms with Gasteiger partial charge in [0.2, 0.25) is 5.91 Å². The van der Waals surface area contributed by atoms with Crippen molar-refractivity contribution in [2.24, 2.45) is 0 Å². The van der Waals surface area contributed by atoms with Gasteiger partial charge in [0.1, 0.15) is 5.25 Å². The molecule has 0 spiro atoms. The van der Waals surface area contributed by atoms with Gasteiger partial charge in [-0.3, -0.25) is 14.3 Å². The zero-order valence-corrected chi connectivity index (χ0v) is 17.0. The summed E-state index contributed by atoms with van der Waals surface area (Å²) in [5.74, 6) is 0.747. The van der Waals surface area contributed by atoms with E-state index in [0.717, 1.165) is 29.8 Å². The summed E-state index contributed by atoms with van der Waals surface area (Å²) in [6, 6.07) is 13.9. The molecule has 1 atom stereocenters. The Kier molecular flexibility index (Phi) is 6.21. The van der Waals surface area contributed by atoms with Crippen LogP contribution in [0.1, 0.15) is 23.7 Å². The predicted molar refractivity (Wildman–Crippen MR) is 111 cm³/mol. The summed E-state index contributed by atoms with van der Waals surface area (Å²) in [5, 5.41) is 12.2. The van der Waals surface area contributed by atoms with Crippen molar-refractivity contribution in [2.75, 3.05) is 13.7 Å². The molecule has 1 saturated carbocycles. The number of benzene rings is 1. The minimum absolute atomic E-state index is 0.00968. The van der Waals surface area contributed by atoms with Crippen molar-refractivity contribution in [2.45, 2.75) is 35.8 Å². The fraction of sp³-hybridized carbons (Fsp3) is 0.333. The van der Waals surface area contributed by atoms with Crippen LogP contribution in [0.5, 0.6) is 0 Å². The van der Waals surface area contributed by atoms with Crippen LogP contribution < -0.4 is 5.32 Å². The van der Waals surface area contributed by atoms with Crippen LogP contribution in [0.3, 0.4) is 0 Å². The Bertz CT molecular complexity index is 944. The normalized spacial score (nSPS) is 14.5. The van der Waals surface area contributed by atoms with Crippen molar-refractivity contribution in [3.8, 4) is 11.4 Å². The van der Waals surface area contributed by atoms with E-state index in [9.17, 15) is 4.79 Å². The second-order valence-corrected chi connectivity index (χ2v) is 7.95. The van der Waals surface area contributed by atoms with Crippen molar-refractivity contribution in [3.63, 3.8) is 0 Å². The quantitative estimate of drug-likeness (QED) is 0.547. The maximum Gasteiger partial charge on any atom is 0.238 e. The van der Waals surface area contributed by atoms with Crippen LogP contribution in [0.15, 0.2) is 60.0 Å². The fourth-order valence-corrected chi connectivity index (χ4v) is 4.06. The summed E-state index contributed by atoms with van der Waals surface area (Å²) in [4.78, 5) is 17.1. The number of ether oxygens (including phenoxy) is 1. The lowest BCUT2D eigenvalue weighted by Crippen LogP contribution is -2.30. The summed E-state index contributed by atoms with van der Waals surface area (Å²) >= 11 is 1.42. The average Bonchev–Trinajstić information content (AvgIpc) is 3.49. The predicted octanol–water partition coefficient (Wildman–Crippen LogP) is 3.10. The number of nitrogens with zero attached hydrogens (tertiary/aromatic N) is 4. The summed E-state index contributed by atoms with van der Waals surface area (Å²) < 4.78 is 7.29. The van der Waals surface area contributed by atoms with Crippen LogP contribution in [-0.2, 0) is 16.1 Å². The first-order chi connectivity index (χ1) is 14.3. The van der Waals surface area contributed by atoms with Crippen molar-refractivity contribution in [3.05, 3.63) is 60.4 Å². The number of hydrogen-bond donors (Lipinski definition) is 1. The van der Waals surface area contributed by atoms with E-state index in [1.165, 1.54) is 11.8 Å². The van der Waals surface area contributed by atoms with Gasteiger partial charge in [0, 0.05) is 31.1 Å². The molecule has 1 aromatic carbocycles. The van der Waals surface area contributed by atoms with E-state index in [4.69, 9.17) is 4.74 Å². The molecule has 1 aliphatic rings. The maximum absolute atomic E-state index is 13.0. The molecule has 1 N–H and O–H groups in total. The molecule has 2 heterocycles. The Labute approximate surface area is 173 Å². The molecular weight excluding hydrogens is 386 g/mol. The molecule has 4 rings (SSSR count). The lowest BCUT2D eigenvalue weighted by molar-refractivity contribution is -0.120. The van der Waals surface area contributed by atoms with E-state index >= 15 is 0 Å². The van der Waals surface area contributed by atoms with Gasteiger partial charge in [0.05, 0.1) is 13.2 Å². The topological polar surface area (TPSA) is 81.9 Å². The van der Waals surface area contributed by atoms with E-state index in [2.05, 4.69) is 20.5 Å². The van der Waals surface area contributed by atoms with Crippen LogP contribution in [0, 0.1) is 0 Å². The lowest BCUT2D eigenvalue weighted by atomic mass is 10.1. The third-order valence-electron chi connectivity index (χ3n) is 4.66. The van der Waals surface area contributed by atoms with Gasteiger partial charge < -0.3 is 10.1 Å². The Balaban J connectivity index is 1.66. The number of nitrogens with one attached hydrogen (secondary N) is 1. The Morgan fingerprint density at radius 3 is 2.66 bits per heavy atom. The number of amides is 1. The highest BCUT2D eigenvalue weighted by Gasteiger charge is 2.30. The number of pyridine rings is 1. The smallest absolute Gasteiger partial charge is 0.238 e. The summed E-state index contributed by atoms with van der Waals surface area (Å²) in [6.45, 7) is 1.11. The van der Waals surface area contributed by atoms with Crippen molar-refractivity contribution in [1.29, 1.82) is 0 Å². The monoisotopic (exact) mass is 409 g/mol. The first-order valence-corrected chi connectivity index (χ1v) is 10.5. The molecule has 2 aromatic heterocycles. The SMILES string of the molecule is COCCn1c(S[C@H](C(=O)NC2CC2)c2ccccc2)nnc1-c1ccncc1. The zero-order chi connectivity index (χ0) is 20.1. The highest BCUT2D eigenvalue weighted by molar-refractivity contribution is 8.00. The molecular formula is C21H23N5O2S. The number of hydrogen-bond acceptors (Lipinski definition) is 6. The number of aromatic nitrogens is 4. The minimum Gasteiger partial charge on any atom is -0.383 e. The average molecular weight is 410 g/mol. The van der Waals surface area contributed by atoms with Gasteiger partial charge in [-0.25, -0.2) is 0 Å². The molecule has 0 saturated heterocycles. The second kappa shape index (κ2) is 9.19. The highest BCUT2D eigenvalue weighted by atomic mass is 32.2. The third kappa shape index (κ3) is 4.83. The molecule has 1 fully saturated rings. The molecule has 0 unspecified atom stereocenters. The van der Waals surface area contributed by atoms with Crippen LogP contribution in [0.2, 0.25) is 0 Å². The van der Waals surface area contributed by atoms with Crippen LogP contribution >= 0.6 is 11.8 Å². The molecule has 150 valence electrons. The minimum atomic E-state index is -0.396. The summed E-state index contributed by atoms with van der Waals surface area (Å²) in [6.07, 6.45) is 5.56. The van der Waals surface area contributed by atoms with Crippen molar-refractivity contribution >= 4 is 17.7 Å². The van der Waals surface area contributed by atoms with Crippen molar-refractivity contribution in [1.82, 2.24) is 25.1 Å². The van der Waals surface area contributed by atoms with E-state index in [1.54, 1.807) is 19.5 Å². The highest BCUT2D eigenvalue weighted by Crippen LogP contribution is 2.36. The fourth-order valence-electron chi connectivity index (χ4n) is 2.99. The van der Waals surface area contributed by atoms with Gasteiger partial charge in [-0.05, 0) is 30.5 Å². The van der Waals surface area contributed by atoms with Crippen LogP contribution in [0.25, 0.3) is 11.4 Å². The van der Waals surface area contributed by atoms with E-state index in [0.29, 0.717) is 24.3 Å². The molecule has 0 bridgehead atoms. The number of carbonyl (C=O) groups excluding carboxylic acids is 1. The Morgan fingerprint density at radius 2 is 1.97 bits per heavy atom. The number of rotatable bonds is 9. The van der Waals surface area contributed by atoms with Gasteiger partial charge in [-0.2, -0.15) is 0 Å². The summed E-state index contributed by atoms with van der Waals surface area (Å²) in [7, 11) is 1.67. The Hall–Kier alpha value is -2.71. The maximum atomic E-state index is 13.0. The molecule has 29 heavy (non-hydrogen) atoms. The molecule has 0 radical (unpaired) electrons. The zero-order valence-electron chi connectivity index (χ0n) is 16.2. The van der Waals surface area contributed by atoms with Gasteiger partial charge in [-0.15, -0.1) is 10.2 Å². The van der Waals surface area contributed by atoms with E-state index in [1.807, 2.05) is 47.0 Å². The lowest BCUT2D eigenvalue weighted by Gasteiger charge is -2.17. The molecule has 1 aliphatic carbocycles. The van der Waals surface area contributed by atoms with Gasteiger partial charge in [0.15, 0.2) is 11.0 Å². The molecule has 3 aromatic rings. The number of carbonyl (C=O) groups is 1. The van der Waals surface area contributed by atoms with Crippen LogP contribution in [-0.4, -0.2) is 45.4 Å². The van der Waals surface area contributed by atoms with E-state index in [-0.39, 0.29) is 5.91 Å².